The van der Waals surface area contributed by atoms with Crippen LogP contribution >= 0.6 is 0 Å². The van der Waals surface area contributed by atoms with Crippen LogP contribution < -0.4 is 14.8 Å². The third-order valence-electron chi connectivity index (χ3n) is 3.37. The Morgan fingerprint density at radius 3 is 2.73 bits per heavy atom. The van der Waals surface area contributed by atoms with Gasteiger partial charge in [-0.2, -0.15) is 0 Å². The molecule has 0 unspecified atom stereocenters. The topological polar surface area (TPSA) is 43.4 Å². The fraction of sp³-hybridized carbons (Fsp3) is 0.389. The Morgan fingerprint density at radius 2 is 2.00 bits per heavy atom. The molecule has 1 N–H and O–H groups in total. The first-order valence-electron chi connectivity index (χ1n) is 7.78. The van der Waals surface area contributed by atoms with Crippen LogP contribution in [0.15, 0.2) is 42.6 Å². The number of aromatic nitrogens is 1. The van der Waals surface area contributed by atoms with Crippen LogP contribution in [0.3, 0.4) is 0 Å². The minimum atomic E-state index is 0.701. The monoisotopic (exact) mass is 300 g/mol. The number of anilines is 1. The molecule has 4 heteroatoms. The van der Waals surface area contributed by atoms with E-state index >= 15 is 0 Å². The van der Waals surface area contributed by atoms with Gasteiger partial charge in [0.15, 0.2) is 11.5 Å². The number of nitrogens with one attached hydrogen (secondary N) is 1. The van der Waals surface area contributed by atoms with E-state index in [1.54, 1.807) is 13.3 Å². The molecule has 2 rings (SSSR count). The Kier molecular flexibility index (Phi) is 6.55. The maximum atomic E-state index is 5.85. The summed E-state index contributed by atoms with van der Waals surface area (Å²) >= 11 is 0. The summed E-state index contributed by atoms with van der Waals surface area (Å²) < 4.78 is 11.2. The van der Waals surface area contributed by atoms with E-state index in [1.165, 1.54) is 12.8 Å². The van der Waals surface area contributed by atoms with Gasteiger partial charge in [0.25, 0.3) is 0 Å². The van der Waals surface area contributed by atoms with Crippen LogP contribution in [-0.4, -0.2) is 18.7 Å². The number of ether oxygens (including phenoxy) is 2. The quantitative estimate of drug-likeness (QED) is 0.702. The van der Waals surface area contributed by atoms with Gasteiger partial charge in [-0.1, -0.05) is 31.9 Å². The second-order valence-corrected chi connectivity index (χ2v) is 5.11. The Labute approximate surface area is 132 Å². The highest BCUT2D eigenvalue weighted by atomic mass is 16.5. The SMILES string of the molecule is CCCCCOc1cc(CNc2ccccn2)ccc1OC. The van der Waals surface area contributed by atoms with Crippen molar-refractivity contribution in [2.45, 2.75) is 32.7 Å². The molecule has 0 atom stereocenters. The van der Waals surface area contributed by atoms with E-state index in [1.807, 2.05) is 36.4 Å². The zero-order valence-electron chi connectivity index (χ0n) is 13.3. The molecule has 4 nitrogen and oxygen atoms in total. The van der Waals surface area contributed by atoms with Crippen LogP contribution in [0.5, 0.6) is 11.5 Å². The minimum absolute atomic E-state index is 0.701. The predicted molar refractivity (Wildman–Crippen MR) is 89.6 cm³/mol. The molecule has 0 bridgehead atoms. The van der Waals surface area contributed by atoms with Crippen LogP contribution in [0.4, 0.5) is 5.82 Å². The van der Waals surface area contributed by atoms with Gasteiger partial charge in [0.05, 0.1) is 13.7 Å². The summed E-state index contributed by atoms with van der Waals surface area (Å²) in [6.45, 7) is 3.61. The molecule has 1 aromatic carbocycles. The Bertz CT molecular complexity index is 558. The summed E-state index contributed by atoms with van der Waals surface area (Å²) in [5, 5.41) is 3.29. The first kappa shape index (κ1) is 16.1. The van der Waals surface area contributed by atoms with E-state index < -0.39 is 0 Å². The van der Waals surface area contributed by atoms with E-state index in [0.29, 0.717) is 6.54 Å². The van der Waals surface area contributed by atoms with Crippen LogP contribution in [0.1, 0.15) is 31.7 Å². The van der Waals surface area contributed by atoms with Gasteiger partial charge >= 0.3 is 0 Å². The average Bonchev–Trinajstić information content (AvgIpc) is 2.58. The molecule has 118 valence electrons. The molecule has 1 heterocycles. The van der Waals surface area contributed by atoms with Crippen molar-refractivity contribution < 1.29 is 9.47 Å². The van der Waals surface area contributed by atoms with Crippen LogP contribution in [0.2, 0.25) is 0 Å². The van der Waals surface area contributed by atoms with Crippen molar-refractivity contribution in [3.05, 3.63) is 48.2 Å². The van der Waals surface area contributed by atoms with Gasteiger partial charge in [0.2, 0.25) is 0 Å². The van der Waals surface area contributed by atoms with Gasteiger partial charge in [-0.05, 0) is 36.2 Å². The molecule has 0 amide bonds. The van der Waals surface area contributed by atoms with Gasteiger partial charge in [-0.3, -0.25) is 0 Å². The van der Waals surface area contributed by atoms with E-state index in [2.05, 4.69) is 17.2 Å². The fourth-order valence-corrected chi connectivity index (χ4v) is 2.14. The second kappa shape index (κ2) is 8.93. The molecular weight excluding hydrogens is 276 g/mol. The largest absolute Gasteiger partial charge is 0.493 e. The Morgan fingerprint density at radius 1 is 1.09 bits per heavy atom. The van der Waals surface area contributed by atoms with Crippen molar-refractivity contribution in [1.82, 2.24) is 4.98 Å². The Hall–Kier alpha value is -2.23. The summed E-state index contributed by atoms with van der Waals surface area (Å²) in [7, 11) is 1.67. The lowest BCUT2D eigenvalue weighted by atomic mass is 10.2. The Balaban J connectivity index is 1.96. The maximum Gasteiger partial charge on any atom is 0.161 e. The number of benzene rings is 1. The fourth-order valence-electron chi connectivity index (χ4n) is 2.14. The molecule has 22 heavy (non-hydrogen) atoms. The first-order chi connectivity index (χ1) is 10.8. The summed E-state index contributed by atoms with van der Waals surface area (Å²) in [6, 6.07) is 11.8. The van der Waals surface area contributed by atoms with E-state index in [9.17, 15) is 0 Å². The molecule has 0 fully saturated rings. The zero-order chi connectivity index (χ0) is 15.6. The van der Waals surface area contributed by atoms with Gasteiger partial charge in [0, 0.05) is 12.7 Å². The summed E-state index contributed by atoms with van der Waals surface area (Å²) in [6.07, 6.45) is 5.21. The molecular formula is C18H24N2O2. The van der Waals surface area contributed by atoms with Crippen molar-refractivity contribution in [3.8, 4) is 11.5 Å². The molecule has 0 aliphatic rings. The lowest BCUT2D eigenvalue weighted by Crippen LogP contribution is -2.03. The van der Waals surface area contributed by atoms with Gasteiger partial charge in [-0.15, -0.1) is 0 Å². The van der Waals surface area contributed by atoms with E-state index in [4.69, 9.17) is 9.47 Å². The lowest BCUT2D eigenvalue weighted by molar-refractivity contribution is 0.285. The first-order valence-corrected chi connectivity index (χ1v) is 7.78. The molecule has 0 aliphatic carbocycles. The zero-order valence-corrected chi connectivity index (χ0v) is 13.3. The van der Waals surface area contributed by atoms with Crippen molar-refractivity contribution in [2.24, 2.45) is 0 Å². The molecule has 1 aromatic heterocycles. The van der Waals surface area contributed by atoms with Crippen LogP contribution in [-0.2, 0) is 6.54 Å². The number of unbranched alkanes of at least 4 members (excludes halogenated alkanes) is 2. The number of nitrogens with zero attached hydrogens (tertiary/aromatic N) is 1. The molecule has 2 aromatic rings. The lowest BCUT2D eigenvalue weighted by Gasteiger charge is -2.13. The summed E-state index contributed by atoms with van der Waals surface area (Å²) in [4.78, 5) is 4.25. The third-order valence-corrected chi connectivity index (χ3v) is 3.37. The smallest absolute Gasteiger partial charge is 0.161 e. The summed E-state index contributed by atoms with van der Waals surface area (Å²) in [5.41, 5.74) is 1.14. The van der Waals surface area contributed by atoms with Crippen LogP contribution in [0, 0.1) is 0 Å². The highest BCUT2D eigenvalue weighted by molar-refractivity contribution is 5.44. The van der Waals surface area contributed by atoms with Gasteiger partial charge < -0.3 is 14.8 Å². The number of hydrogen-bond acceptors (Lipinski definition) is 4. The van der Waals surface area contributed by atoms with Crippen molar-refractivity contribution >= 4 is 5.82 Å². The maximum absolute atomic E-state index is 5.85. The standard InChI is InChI=1S/C18H24N2O2/c1-3-4-7-12-22-17-13-15(9-10-16(17)21-2)14-20-18-8-5-6-11-19-18/h5-6,8-11,13H,3-4,7,12,14H2,1-2H3,(H,19,20). The van der Waals surface area contributed by atoms with Crippen molar-refractivity contribution in [3.63, 3.8) is 0 Å². The minimum Gasteiger partial charge on any atom is -0.493 e. The van der Waals surface area contributed by atoms with E-state index in [0.717, 1.165) is 35.9 Å². The van der Waals surface area contributed by atoms with Gasteiger partial charge in [-0.25, -0.2) is 4.98 Å². The predicted octanol–water partition coefficient (Wildman–Crippen LogP) is 4.27. The molecule has 0 saturated carbocycles. The number of hydrogen-bond donors (Lipinski definition) is 1. The summed E-state index contributed by atoms with van der Waals surface area (Å²) in [5.74, 6) is 2.45. The normalized spacial score (nSPS) is 10.3. The van der Waals surface area contributed by atoms with Crippen molar-refractivity contribution in [2.75, 3.05) is 19.0 Å². The molecule has 0 spiro atoms. The number of rotatable bonds is 9. The highest BCUT2D eigenvalue weighted by Crippen LogP contribution is 2.28. The van der Waals surface area contributed by atoms with Gasteiger partial charge in [0.1, 0.15) is 5.82 Å². The molecule has 0 aliphatic heterocycles. The highest BCUT2D eigenvalue weighted by Gasteiger charge is 2.06. The number of methoxy groups -OCH3 is 1. The molecule has 0 radical (unpaired) electrons. The number of pyridine rings is 1. The van der Waals surface area contributed by atoms with E-state index in [-0.39, 0.29) is 0 Å². The molecule has 0 saturated heterocycles. The third kappa shape index (κ3) is 4.95. The second-order valence-electron chi connectivity index (χ2n) is 5.11. The van der Waals surface area contributed by atoms with Crippen LogP contribution in [0.25, 0.3) is 0 Å². The van der Waals surface area contributed by atoms with Crippen molar-refractivity contribution in [1.29, 1.82) is 0 Å². The average molecular weight is 300 g/mol.